The highest BCUT2D eigenvalue weighted by atomic mass is 35.5. The van der Waals surface area contributed by atoms with Crippen LogP contribution in [-0.4, -0.2) is 14.3 Å². The molecule has 0 heterocycles. The Kier molecular flexibility index (Phi) is 5.00. The van der Waals surface area contributed by atoms with Crippen LogP contribution in [0.3, 0.4) is 0 Å². The zero-order valence-electron chi connectivity index (χ0n) is 11.6. The molecule has 0 bridgehead atoms. The fourth-order valence-corrected chi connectivity index (χ4v) is 3.38. The Morgan fingerprint density at radius 1 is 1.14 bits per heavy atom. The Balaban J connectivity index is 2.22. The van der Waals surface area contributed by atoms with Gasteiger partial charge in [-0.15, -0.1) is 0 Å². The molecule has 4 nitrogen and oxygen atoms in total. The van der Waals surface area contributed by atoms with E-state index >= 15 is 0 Å². The van der Waals surface area contributed by atoms with E-state index in [-0.39, 0.29) is 15.7 Å². The highest BCUT2D eigenvalue weighted by Crippen LogP contribution is 2.23. The van der Waals surface area contributed by atoms with E-state index in [0.717, 1.165) is 5.56 Å². The van der Waals surface area contributed by atoms with Crippen molar-refractivity contribution in [2.45, 2.75) is 16.3 Å². The van der Waals surface area contributed by atoms with Gasteiger partial charge in [0.1, 0.15) is 0 Å². The fourth-order valence-electron chi connectivity index (χ4n) is 1.82. The molecule has 0 spiro atoms. The van der Waals surface area contributed by atoms with Gasteiger partial charge in [-0.25, -0.2) is 8.42 Å². The van der Waals surface area contributed by atoms with Crippen LogP contribution in [0, 0.1) is 0 Å². The summed E-state index contributed by atoms with van der Waals surface area (Å²) in [7, 11) is -3.60. The Labute approximate surface area is 134 Å². The van der Waals surface area contributed by atoms with E-state index in [1.54, 1.807) is 24.3 Å². The molecule has 2 aromatic carbocycles. The molecule has 2 rings (SSSR count). The molecule has 0 aromatic heterocycles. The lowest BCUT2D eigenvalue weighted by Crippen LogP contribution is -2.19. The molecule has 2 aromatic rings. The van der Waals surface area contributed by atoms with Gasteiger partial charge in [0.2, 0.25) is 15.7 Å². The predicted octanol–water partition coefficient (Wildman–Crippen LogP) is 2.98. The Bertz CT molecular complexity index is 798. The van der Waals surface area contributed by atoms with E-state index in [2.05, 4.69) is 11.9 Å². The predicted molar refractivity (Wildman–Crippen MR) is 85.4 cm³/mol. The first-order chi connectivity index (χ1) is 10.4. The topological polar surface area (TPSA) is 63.2 Å². The summed E-state index contributed by atoms with van der Waals surface area (Å²) in [6.45, 7) is 3.67. The largest absolute Gasteiger partial charge is 0.348 e. The lowest BCUT2D eigenvalue weighted by Gasteiger charge is -2.07. The second-order valence-corrected chi connectivity index (χ2v) is 6.91. The van der Waals surface area contributed by atoms with Gasteiger partial charge in [-0.3, -0.25) is 4.79 Å². The standard InChI is InChI=1S/C16H14ClNO3S/c1-2-16(19)18-11-12-6-8-14(9-7-12)22(20,21)15-5-3-4-13(17)10-15/h2-10H,1,11H2,(H,18,19). The van der Waals surface area contributed by atoms with Gasteiger partial charge in [-0.05, 0) is 42.0 Å². The molecule has 0 unspecified atom stereocenters. The molecule has 0 saturated heterocycles. The van der Waals surface area contributed by atoms with Crippen LogP contribution in [-0.2, 0) is 21.2 Å². The number of carbonyl (C=O) groups excluding carboxylic acids is 1. The molecular weight excluding hydrogens is 322 g/mol. The number of benzene rings is 2. The number of halogens is 1. The van der Waals surface area contributed by atoms with E-state index in [0.29, 0.717) is 11.6 Å². The molecule has 0 aliphatic heterocycles. The zero-order valence-corrected chi connectivity index (χ0v) is 13.2. The molecule has 0 aliphatic carbocycles. The smallest absolute Gasteiger partial charge is 0.243 e. The Morgan fingerprint density at radius 3 is 2.41 bits per heavy atom. The number of hydrogen-bond acceptors (Lipinski definition) is 3. The maximum atomic E-state index is 12.5. The summed E-state index contributed by atoms with van der Waals surface area (Å²) in [5.41, 5.74) is 0.792. The van der Waals surface area contributed by atoms with Gasteiger partial charge >= 0.3 is 0 Å². The summed E-state index contributed by atoms with van der Waals surface area (Å²) in [5.74, 6) is -0.282. The molecule has 0 radical (unpaired) electrons. The van der Waals surface area contributed by atoms with Gasteiger partial charge in [-0.2, -0.15) is 0 Å². The van der Waals surface area contributed by atoms with Crippen LogP contribution in [0.2, 0.25) is 5.02 Å². The first-order valence-electron chi connectivity index (χ1n) is 6.43. The van der Waals surface area contributed by atoms with Crippen molar-refractivity contribution < 1.29 is 13.2 Å². The van der Waals surface area contributed by atoms with Gasteiger partial charge in [0, 0.05) is 11.6 Å². The van der Waals surface area contributed by atoms with Crippen molar-refractivity contribution >= 4 is 27.3 Å². The maximum Gasteiger partial charge on any atom is 0.243 e. The SMILES string of the molecule is C=CC(=O)NCc1ccc(S(=O)(=O)c2cccc(Cl)c2)cc1. The summed E-state index contributed by atoms with van der Waals surface area (Å²) in [5, 5.41) is 2.99. The van der Waals surface area contributed by atoms with Crippen molar-refractivity contribution in [3.63, 3.8) is 0 Å². The van der Waals surface area contributed by atoms with Crippen molar-refractivity contribution in [1.29, 1.82) is 0 Å². The Hall–Kier alpha value is -2.11. The minimum absolute atomic E-state index is 0.146. The fraction of sp³-hybridized carbons (Fsp3) is 0.0625. The van der Waals surface area contributed by atoms with Gasteiger partial charge in [-0.1, -0.05) is 36.4 Å². The van der Waals surface area contributed by atoms with E-state index < -0.39 is 9.84 Å². The van der Waals surface area contributed by atoms with Crippen molar-refractivity contribution in [2.24, 2.45) is 0 Å². The zero-order chi connectivity index (χ0) is 16.2. The Morgan fingerprint density at radius 2 is 1.82 bits per heavy atom. The number of nitrogens with one attached hydrogen (secondary N) is 1. The molecule has 0 aliphatic rings. The minimum atomic E-state index is -3.60. The molecule has 1 N–H and O–H groups in total. The average Bonchev–Trinajstić information content (AvgIpc) is 2.53. The van der Waals surface area contributed by atoms with E-state index in [9.17, 15) is 13.2 Å². The third kappa shape index (κ3) is 3.75. The van der Waals surface area contributed by atoms with Crippen molar-refractivity contribution in [2.75, 3.05) is 0 Å². The van der Waals surface area contributed by atoms with Crippen LogP contribution in [0.1, 0.15) is 5.56 Å². The highest BCUT2D eigenvalue weighted by molar-refractivity contribution is 7.91. The van der Waals surface area contributed by atoms with Crippen LogP contribution in [0.4, 0.5) is 0 Å². The summed E-state index contributed by atoms with van der Waals surface area (Å²) in [6, 6.07) is 12.4. The summed E-state index contributed by atoms with van der Waals surface area (Å²) < 4.78 is 24.9. The molecular formula is C16H14ClNO3S. The van der Waals surface area contributed by atoms with Crippen LogP contribution in [0.15, 0.2) is 71.0 Å². The van der Waals surface area contributed by atoms with E-state index in [1.165, 1.54) is 30.3 Å². The number of sulfone groups is 1. The van der Waals surface area contributed by atoms with E-state index in [1.807, 2.05) is 0 Å². The van der Waals surface area contributed by atoms with Crippen LogP contribution < -0.4 is 5.32 Å². The summed E-state index contributed by atoms with van der Waals surface area (Å²) >= 11 is 5.84. The first-order valence-corrected chi connectivity index (χ1v) is 8.29. The first kappa shape index (κ1) is 16.3. The maximum absolute atomic E-state index is 12.5. The molecule has 0 fully saturated rings. The van der Waals surface area contributed by atoms with Gasteiger partial charge < -0.3 is 5.32 Å². The third-order valence-electron chi connectivity index (χ3n) is 2.99. The average molecular weight is 336 g/mol. The molecule has 1 amide bonds. The second kappa shape index (κ2) is 6.77. The monoisotopic (exact) mass is 335 g/mol. The molecule has 0 atom stereocenters. The number of amides is 1. The van der Waals surface area contributed by atoms with Crippen LogP contribution in [0.25, 0.3) is 0 Å². The number of carbonyl (C=O) groups is 1. The van der Waals surface area contributed by atoms with Gasteiger partial charge in [0.25, 0.3) is 0 Å². The lowest BCUT2D eigenvalue weighted by atomic mass is 10.2. The van der Waals surface area contributed by atoms with Gasteiger partial charge in [0.05, 0.1) is 9.79 Å². The second-order valence-electron chi connectivity index (χ2n) is 4.53. The number of hydrogen-bond donors (Lipinski definition) is 1. The number of rotatable bonds is 5. The molecule has 114 valence electrons. The van der Waals surface area contributed by atoms with Gasteiger partial charge in [0.15, 0.2) is 0 Å². The summed E-state index contributed by atoms with van der Waals surface area (Å²) in [4.78, 5) is 11.4. The molecule has 22 heavy (non-hydrogen) atoms. The van der Waals surface area contributed by atoms with E-state index in [4.69, 9.17) is 11.6 Å². The van der Waals surface area contributed by atoms with Crippen molar-refractivity contribution in [3.05, 3.63) is 71.8 Å². The highest BCUT2D eigenvalue weighted by Gasteiger charge is 2.17. The molecule has 6 heteroatoms. The quantitative estimate of drug-likeness (QED) is 0.854. The summed E-state index contributed by atoms with van der Waals surface area (Å²) in [6.07, 6.45) is 1.18. The van der Waals surface area contributed by atoms with Crippen LogP contribution >= 0.6 is 11.6 Å². The minimum Gasteiger partial charge on any atom is -0.348 e. The normalized spacial score (nSPS) is 11.0. The van der Waals surface area contributed by atoms with Crippen molar-refractivity contribution in [3.8, 4) is 0 Å². The molecule has 0 saturated carbocycles. The lowest BCUT2D eigenvalue weighted by molar-refractivity contribution is -0.116. The van der Waals surface area contributed by atoms with Crippen molar-refractivity contribution in [1.82, 2.24) is 5.32 Å². The third-order valence-corrected chi connectivity index (χ3v) is 4.99. The van der Waals surface area contributed by atoms with Crippen LogP contribution in [0.5, 0.6) is 0 Å².